The molecule has 1 aromatic rings. The lowest BCUT2D eigenvalue weighted by Crippen LogP contribution is -2.47. The van der Waals surface area contributed by atoms with Crippen molar-refractivity contribution >= 4 is 21.6 Å². The molecule has 0 bridgehead atoms. The van der Waals surface area contributed by atoms with Gasteiger partial charge >= 0.3 is 0 Å². The molecule has 1 unspecified atom stereocenters. The van der Waals surface area contributed by atoms with E-state index in [1.807, 2.05) is 0 Å². The van der Waals surface area contributed by atoms with Gasteiger partial charge in [0.2, 0.25) is 15.9 Å². The second kappa shape index (κ2) is 6.31. The van der Waals surface area contributed by atoms with Crippen LogP contribution in [0.3, 0.4) is 0 Å². The molecule has 0 saturated carbocycles. The Kier molecular flexibility index (Phi) is 5.19. The van der Waals surface area contributed by atoms with Crippen LogP contribution in [0, 0.1) is 12.8 Å². The molecule has 1 amide bonds. The zero-order valence-electron chi connectivity index (χ0n) is 12.5. The van der Waals surface area contributed by atoms with Crippen molar-refractivity contribution in [3.8, 4) is 5.75 Å². The second-order valence-electron chi connectivity index (χ2n) is 5.11. The predicted octanol–water partition coefficient (Wildman–Crippen LogP) is 0.374. The molecule has 0 spiro atoms. The number of hydrogen-bond donors (Lipinski definition) is 3. The third-order valence-electron chi connectivity index (χ3n) is 3.10. The van der Waals surface area contributed by atoms with Gasteiger partial charge in [0, 0.05) is 5.69 Å². The van der Waals surface area contributed by atoms with Gasteiger partial charge in [0.25, 0.3) is 0 Å². The van der Waals surface area contributed by atoms with Gasteiger partial charge in [0.1, 0.15) is 16.7 Å². The third-order valence-corrected chi connectivity index (χ3v) is 4.56. The molecule has 0 heterocycles. The molecule has 21 heavy (non-hydrogen) atoms. The maximum absolute atomic E-state index is 12.4. The van der Waals surface area contributed by atoms with E-state index in [9.17, 15) is 13.2 Å². The largest absolute Gasteiger partial charge is 0.495 e. The summed E-state index contributed by atoms with van der Waals surface area (Å²) in [6, 6.07) is 1.81. The summed E-state index contributed by atoms with van der Waals surface area (Å²) in [6.45, 7) is 5.12. The lowest BCUT2D eigenvalue weighted by Gasteiger charge is -2.20. The number of rotatable bonds is 6. The van der Waals surface area contributed by atoms with Gasteiger partial charge in [0.15, 0.2) is 0 Å². The standard InChI is InChI=1S/C13H21N3O4S/c1-7(2)12(13(15)17)16-21(18,19)11-6-9(14)8(3)5-10(11)20-4/h5-7,12,16H,14H2,1-4H3,(H2,15,17). The zero-order chi connectivity index (χ0) is 16.4. The van der Waals surface area contributed by atoms with E-state index in [4.69, 9.17) is 16.2 Å². The van der Waals surface area contributed by atoms with Crippen molar-refractivity contribution < 1.29 is 17.9 Å². The molecule has 0 aliphatic heterocycles. The summed E-state index contributed by atoms with van der Waals surface area (Å²) in [7, 11) is -2.63. The van der Waals surface area contributed by atoms with Crippen LogP contribution >= 0.6 is 0 Å². The Hall–Kier alpha value is -1.80. The van der Waals surface area contributed by atoms with Crippen LogP contribution in [0.4, 0.5) is 5.69 Å². The minimum Gasteiger partial charge on any atom is -0.495 e. The number of ether oxygens (including phenoxy) is 1. The highest BCUT2D eigenvalue weighted by molar-refractivity contribution is 7.89. The first kappa shape index (κ1) is 17.3. The lowest BCUT2D eigenvalue weighted by atomic mass is 10.1. The molecule has 118 valence electrons. The number of sulfonamides is 1. The number of nitrogens with one attached hydrogen (secondary N) is 1. The number of primary amides is 1. The van der Waals surface area contributed by atoms with Crippen molar-refractivity contribution in [2.24, 2.45) is 11.7 Å². The number of nitrogens with two attached hydrogens (primary N) is 2. The zero-order valence-corrected chi connectivity index (χ0v) is 13.3. The van der Waals surface area contributed by atoms with Gasteiger partial charge in [-0.2, -0.15) is 4.72 Å². The third kappa shape index (κ3) is 3.85. The predicted molar refractivity (Wildman–Crippen MR) is 80.3 cm³/mol. The molecule has 0 aliphatic carbocycles. The Balaban J connectivity index is 3.31. The Morgan fingerprint density at radius 1 is 1.33 bits per heavy atom. The van der Waals surface area contributed by atoms with Crippen LogP contribution in [0.15, 0.2) is 17.0 Å². The molecule has 8 heteroatoms. The summed E-state index contributed by atoms with van der Waals surface area (Å²) in [5, 5.41) is 0. The topological polar surface area (TPSA) is 125 Å². The summed E-state index contributed by atoms with van der Waals surface area (Å²) in [5.74, 6) is -0.875. The van der Waals surface area contributed by atoms with E-state index in [1.165, 1.54) is 19.2 Å². The molecule has 0 fully saturated rings. The van der Waals surface area contributed by atoms with E-state index in [2.05, 4.69) is 4.72 Å². The van der Waals surface area contributed by atoms with E-state index < -0.39 is 22.0 Å². The first-order chi connectivity index (χ1) is 9.60. The Labute approximate surface area is 124 Å². The summed E-state index contributed by atoms with van der Waals surface area (Å²) < 4.78 is 32.3. The van der Waals surface area contributed by atoms with Gasteiger partial charge in [-0.3, -0.25) is 4.79 Å². The smallest absolute Gasteiger partial charge is 0.245 e. The van der Waals surface area contributed by atoms with E-state index in [1.54, 1.807) is 20.8 Å². The Bertz CT molecular complexity index is 641. The normalized spacial score (nSPS) is 13.2. The molecule has 0 saturated heterocycles. The number of benzene rings is 1. The summed E-state index contributed by atoms with van der Waals surface area (Å²) >= 11 is 0. The lowest BCUT2D eigenvalue weighted by molar-refractivity contribution is -0.120. The van der Waals surface area contributed by atoms with Gasteiger partial charge in [-0.05, 0) is 30.5 Å². The highest BCUT2D eigenvalue weighted by atomic mass is 32.2. The van der Waals surface area contributed by atoms with E-state index >= 15 is 0 Å². The Morgan fingerprint density at radius 2 is 1.90 bits per heavy atom. The molecule has 0 aromatic heterocycles. The molecule has 7 nitrogen and oxygen atoms in total. The minimum absolute atomic E-state index is 0.125. The van der Waals surface area contributed by atoms with Crippen molar-refractivity contribution in [1.29, 1.82) is 0 Å². The van der Waals surface area contributed by atoms with Gasteiger partial charge in [0.05, 0.1) is 7.11 Å². The van der Waals surface area contributed by atoms with Crippen molar-refractivity contribution in [3.05, 3.63) is 17.7 Å². The van der Waals surface area contributed by atoms with Crippen LogP contribution < -0.4 is 20.9 Å². The molecular formula is C13H21N3O4S. The minimum atomic E-state index is -3.99. The molecule has 1 rings (SSSR count). The van der Waals surface area contributed by atoms with Gasteiger partial charge in [-0.25, -0.2) is 8.42 Å². The van der Waals surface area contributed by atoms with E-state index in [0.717, 1.165) is 0 Å². The molecule has 0 radical (unpaired) electrons. The molecular weight excluding hydrogens is 294 g/mol. The van der Waals surface area contributed by atoms with Gasteiger partial charge in [-0.15, -0.1) is 0 Å². The number of nitrogen functional groups attached to an aromatic ring is 1. The van der Waals surface area contributed by atoms with Crippen LogP contribution in [0.25, 0.3) is 0 Å². The number of anilines is 1. The number of amides is 1. The van der Waals surface area contributed by atoms with Gasteiger partial charge in [-0.1, -0.05) is 13.8 Å². The molecule has 5 N–H and O–H groups in total. The van der Waals surface area contributed by atoms with Crippen LogP contribution in [0.2, 0.25) is 0 Å². The highest BCUT2D eigenvalue weighted by Gasteiger charge is 2.29. The summed E-state index contributed by atoms with van der Waals surface area (Å²) in [5.41, 5.74) is 12.0. The maximum Gasteiger partial charge on any atom is 0.245 e. The molecule has 0 aliphatic rings. The SMILES string of the molecule is COc1cc(C)c(N)cc1S(=O)(=O)NC(C(N)=O)C(C)C. The van der Waals surface area contributed by atoms with Crippen molar-refractivity contribution in [2.45, 2.75) is 31.7 Å². The number of carbonyl (C=O) groups excluding carboxylic acids is 1. The first-order valence-corrected chi connectivity index (χ1v) is 7.84. The monoisotopic (exact) mass is 315 g/mol. The second-order valence-corrected chi connectivity index (χ2v) is 6.79. The number of carbonyl (C=O) groups is 1. The van der Waals surface area contributed by atoms with Crippen molar-refractivity contribution in [2.75, 3.05) is 12.8 Å². The molecule has 1 atom stereocenters. The highest BCUT2D eigenvalue weighted by Crippen LogP contribution is 2.29. The van der Waals surface area contributed by atoms with Crippen molar-refractivity contribution in [1.82, 2.24) is 4.72 Å². The Morgan fingerprint density at radius 3 is 2.33 bits per heavy atom. The maximum atomic E-state index is 12.4. The quantitative estimate of drug-likeness (QED) is 0.654. The number of methoxy groups -OCH3 is 1. The van der Waals surface area contributed by atoms with Crippen LogP contribution in [0.5, 0.6) is 5.75 Å². The fraction of sp³-hybridized carbons (Fsp3) is 0.462. The van der Waals surface area contributed by atoms with E-state index in [-0.39, 0.29) is 16.6 Å². The van der Waals surface area contributed by atoms with Crippen LogP contribution in [0.1, 0.15) is 19.4 Å². The molecule has 1 aromatic carbocycles. The number of aryl methyl sites for hydroxylation is 1. The van der Waals surface area contributed by atoms with Crippen LogP contribution in [-0.4, -0.2) is 27.5 Å². The van der Waals surface area contributed by atoms with Gasteiger partial charge < -0.3 is 16.2 Å². The summed E-state index contributed by atoms with van der Waals surface area (Å²) in [6.07, 6.45) is 0. The fourth-order valence-electron chi connectivity index (χ4n) is 1.80. The average Bonchev–Trinajstić information content (AvgIpc) is 2.37. The first-order valence-electron chi connectivity index (χ1n) is 6.36. The summed E-state index contributed by atoms with van der Waals surface area (Å²) in [4.78, 5) is 11.2. The number of hydrogen-bond acceptors (Lipinski definition) is 5. The van der Waals surface area contributed by atoms with Crippen molar-refractivity contribution in [3.63, 3.8) is 0 Å². The van der Waals surface area contributed by atoms with E-state index in [0.29, 0.717) is 11.3 Å². The average molecular weight is 315 g/mol. The van der Waals surface area contributed by atoms with Crippen LogP contribution in [-0.2, 0) is 14.8 Å². The fourth-order valence-corrected chi connectivity index (χ4v) is 3.34.